The molecule has 1 amide bonds. The summed E-state index contributed by atoms with van der Waals surface area (Å²) in [6.45, 7) is 7.52. The number of hydrogen-bond acceptors (Lipinski definition) is 11. The lowest BCUT2D eigenvalue weighted by atomic mass is 10.0. The number of carbonyl (C=O) groups is 1. The Morgan fingerprint density at radius 2 is 1.93 bits per heavy atom. The van der Waals surface area contributed by atoms with Gasteiger partial charge in [-0.2, -0.15) is 9.37 Å². The summed E-state index contributed by atoms with van der Waals surface area (Å²) in [5, 5.41) is 13.8. The van der Waals surface area contributed by atoms with E-state index in [1.165, 1.54) is 11.3 Å². The lowest BCUT2D eigenvalue weighted by Crippen LogP contribution is -2.47. The predicted molar refractivity (Wildman–Crippen MR) is 172 cm³/mol. The van der Waals surface area contributed by atoms with Crippen LogP contribution in [0.25, 0.3) is 32.7 Å². The summed E-state index contributed by atoms with van der Waals surface area (Å²) in [4.78, 5) is 21.2. The molecule has 0 N–H and O–H groups in total. The summed E-state index contributed by atoms with van der Waals surface area (Å²) < 4.78 is 39.9. The molecule has 0 bridgehead atoms. The van der Waals surface area contributed by atoms with E-state index in [9.17, 15) is 4.79 Å². The fraction of sp³-hybridized carbons (Fsp3) is 0.531. The first kappa shape index (κ1) is 32.1. The molecule has 0 aliphatic carbocycles. The highest BCUT2D eigenvalue weighted by molar-refractivity contribution is 7.22. The Morgan fingerprint density at radius 1 is 1.13 bits per heavy atom. The van der Waals surface area contributed by atoms with Crippen LogP contribution in [0.1, 0.15) is 59.1 Å². The summed E-state index contributed by atoms with van der Waals surface area (Å²) in [5.41, 5.74) is 2.30. The molecule has 12 nitrogen and oxygen atoms in total. The van der Waals surface area contributed by atoms with E-state index in [0.29, 0.717) is 53.5 Å². The number of anilines is 1. The monoisotopic (exact) mass is 653 g/mol. The van der Waals surface area contributed by atoms with Gasteiger partial charge in [-0.05, 0) is 76.6 Å². The third-order valence-corrected chi connectivity index (χ3v) is 9.23. The summed E-state index contributed by atoms with van der Waals surface area (Å²) >= 11 is 1.53. The van der Waals surface area contributed by atoms with Gasteiger partial charge in [-0.1, -0.05) is 17.4 Å². The molecule has 0 spiro atoms. The van der Waals surface area contributed by atoms with Crippen LogP contribution in [-0.4, -0.2) is 88.2 Å². The largest absolute Gasteiger partial charge is 0.467 e. The molecule has 46 heavy (non-hydrogen) atoms. The van der Waals surface area contributed by atoms with E-state index in [4.69, 9.17) is 23.9 Å². The second-order valence-corrected chi connectivity index (χ2v) is 13.6. The van der Waals surface area contributed by atoms with Gasteiger partial charge in [-0.15, -0.1) is 15.3 Å². The van der Waals surface area contributed by atoms with E-state index in [0.717, 1.165) is 41.9 Å². The standard InChI is InChI=1S/C32H40FN7O5S/c1-32(2,3)45-31(41)39-13-11-21(12-14-39)38(4)30-34-29-26(46-30)17-24(35-36-29)22-10-9-20(16-25(22)44-19-42-5)23-18-40(37-28(23)33)27-8-6-7-15-43-27/h9-10,16-18,21,27H,6-8,11-15,19H2,1-5H3. The highest BCUT2D eigenvalue weighted by Gasteiger charge is 2.30. The maximum atomic E-state index is 15.0. The highest BCUT2D eigenvalue weighted by atomic mass is 32.1. The van der Waals surface area contributed by atoms with E-state index in [2.05, 4.69) is 20.2 Å². The first-order valence-electron chi connectivity index (χ1n) is 15.6. The van der Waals surface area contributed by atoms with Crippen LogP contribution in [0.3, 0.4) is 0 Å². The Morgan fingerprint density at radius 3 is 2.65 bits per heavy atom. The molecule has 1 atom stereocenters. The lowest BCUT2D eigenvalue weighted by Gasteiger charge is -2.37. The van der Waals surface area contributed by atoms with Crippen molar-refractivity contribution >= 4 is 32.9 Å². The maximum Gasteiger partial charge on any atom is 0.410 e. The van der Waals surface area contributed by atoms with Gasteiger partial charge in [0.2, 0.25) is 5.95 Å². The van der Waals surface area contributed by atoms with Crippen molar-refractivity contribution in [1.29, 1.82) is 0 Å². The number of thiazole rings is 1. The number of fused-ring (bicyclic) bond motifs is 1. The number of benzene rings is 1. The van der Waals surface area contributed by atoms with Gasteiger partial charge >= 0.3 is 6.09 Å². The fourth-order valence-electron chi connectivity index (χ4n) is 5.72. The smallest absolute Gasteiger partial charge is 0.410 e. The van der Waals surface area contributed by atoms with Crippen LogP contribution in [0.4, 0.5) is 14.3 Å². The van der Waals surface area contributed by atoms with E-state index in [1.807, 2.05) is 46.0 Å². The molecule has 6 rings (SSSR count). The minimum Gasteiger partial charge on any atom is -0.467 e. The predicted octanol–water partition coefficient (Wildman–Crippen LogP) is 6.27. The first-order valence-corrected chi connectivity index (χ1v) is 16.4. The molecule has 5 heterocycles. The number of nitrogens with zero attached hydrogens (tertiary/aromatic N) is 7. The zero-order chi connectivity index (χ0) is 32.4. The van der Waals surface area contributed by atoms with E-state index < -0.39 is 11.5 Å². The first-order chi connectivity index (χ1) is 22.1. The van der Waals surface area contributed by atoms with Crippen LogP contribution in [0.15, 0.2) is 30.5 Å². The number of ether oxygens (including phenoxy) is 4. The van der Waals surface area contributed by atoms with Gasteiger partial charge in [-0.25, -0.2) is 9.48 Å². The molecular weight excluding hydrogens is 613 g/mol. The van der Waals surface area contributed by atoms with Gasteiger partial charge < -0.3 is 28.7 Å². The number of aromatic nitrogens is 5. The van der Waals surface area contributed by atoms with E-state index in [1.54, 1.807) is 29.0 Å². The van der Waals surface area contributed by atoms with Gasteiger partial charge in [0.05, 0.1) is 16.0 Å². The summed E-state index contributed by atoms with van der Waals surface area (Å²) in [5.74, 6) is -0.0923. The molecule has 1 unspecified atom stereocenters. The molecule has 0 saturated carbocycles. The van der Waals surface area contributed by atoms with Gasteiger partial charge in [-0.3, -0.25) is 0 Å². The Labute approximate surface area is 271 Å². The molecule has 1 aromatic carbocycles. The molecular formula is C32H40FN7O5S. The number of likely N-dealkylation sites (tertiary alicyclic amines) is 1. The number of carbonyl (C=O) groups excluding carboxylic acids is 1. The van der Waals surface area contributed by atoms with Crippen LogP contribution in [0.5, 0.6) is 5.75 Å². The quantitative estimate of drug-likeness (QED) is 0.201. The van der Waals surface area contributed by atoms with Crippen LogP contribution in [0.2, 0.25) is 0 Å². The average Bonchev–Trinajstić information content (AvgIpc) is 3.66. The van der Waals surface area contributed by atoms with Crippen molar-refractivity contribution in [2.24, 2.45) is 0 Å². The third kappa shape index (κ3) is 7.08. The van der Waals surface area contributed by atoms with Crippen molar-refractivity contribution in [2.75, 3.05) is 45.5 Å². The van der Waals surface area contributed by atoms with Gasteiger partial charge in [0, 0.05) is 51.7 Å². The molecule has 0 radical (unpaired) electrons. The summed E-state index contributed by atoms with van der Waals surface area (Å²) in [6.07, 6.45) is 5.57. The van der Waals surface area contributed by atoms with E-state index in [-0.39, 0.29) is 25.2 Å². The summed E-state index contributed by atoms with van der Waals surface area (Å²) in [7, 11) is 3.57. The molecule has 14 heteroatoms. The van der Waals surface area contributed by atoms with Crippen molar-refractivity contribution in [1.82, 2.24) is 29.9 Å². The second kappa shape index (κ2) is 13.5. The zero-order valence-electron chi connectivity index (χ0n) is 26.9. The minimum absolute atomic E-state index is 0.00598. The average molecular weight is 654 g/mol. The van der Waals surface area contributed by atoms with Crippen molar-refractivity contribution < 1.29 is 28.1 Å². The molecule has 2 aliphatic heterocycles. The van der Waals surface area contributed by atoms with Crippen molar-refractivity contribution in [3.8, 4) is 28.1 Å². The molecule has 246 valence electrons. The fourth-order valence-corrected chi connectivity index (χ4v) is 6.69. The van der Waals surface area contributed by atoms with Crippen molar-refractivity contribution in [2.45, 2.75) is 70.7 Å². The summed E-state index contributed by atoms with van der Waals surface area (Å²) in [6, 6.07) is 7.60. The Bertz CT molecular complexity index is 1680. The molecule has 2 saturated heterocycles. The second-order valence-electron chi connectivity index (χ2n) is 12.6. The number of hydrogen-bond donors (Lipinski definition) is 0. The van der Waals surface area contributed by atoms with Crippen molar-refractivity contribution in [3.63, 3.8) is 0 Å². The maximum absolute atomic E-state index is 15.0. The molecule has 2 fully saturated rings. The lowest BCUT2D eigenvalue weighted by molar-refractivity contribution is -0.0402. The minimum atomic E-state index is -0.572. The Balaban J connectivity index is 1.20. The number of methoxy groups -OCH3 is 1. The van der Waals surface area contributed by atoms with Gasteiger partial charge in [0.25, 0.3) is 0 Å². The van der Waals surface area contributed by atoms with Crippen LogP contribution in [0, 0.1) is 5.95 Å². The number of amides is 1. The SMILES string of the molecule is COCOc1cc(-c2cn(C3CCCCO3)nc2F)ccc1-c1cc2sc(N(C)C3CCN(C(=O)OC(C)(C)C)CC3)nc2nn1. The van der Waals surface area contributed by atoms with Gasteiger partial charge in [0.1, 0.15) is 17.6 Å². The Kier molecular flexibility index (Phi) is 9.39. The normalized spacial score (nSPS) is 17.8. The third-order valence-electron chi connectivity index (χ3n) is 8.15. The molecule has 3 aromatic heterocycles. The zero-order valence-corrected chi connectivity index (χ0v) is 27.7. The Hall–Kier alpha value is -3.88. The molecule has 2 aliphatic rings. The van der Waals surface area contributed by atoms with Crippen LogP contribution in [-0.2, 0) is 14.2 Å². The van der Waals surface area contributed by atoms with Crippen LogP contribution < -0.4 is 9.64 Å². The molecule has 4 aromatic rings. The number of halogens is 1. The van der Waals surface area contributed by atoms with Crippen molar-refractivity contribution in [3.05, 3.63) is 36.4 Å². The van der Waals surface area contributed by atoms with E-state index >= 15 is 4.39 Å². The number of rotatable bonds is 8. The van der Waals surface area contributed by atoms with Gasteiger partial charge in [0.15, 0.2) is 17.6 Å². The van der Waals surface area contributed by atoms with Crippen LogP contribution >= 0.6 is 11.3 Å². The number of piperidine rings is 1. The topological polar surface area (TPSA) is 117 Å². The highest BCUT2D eigenvalue weighted by Crippen LogP contribution is 2.37.